The first kappa shape index (κ1) is 20.5. The summed E-state index contributed by atoms with van der Waals surface area (Å²) in [7, 11) is 0. The molecular weight excluding hydrogens is 412 g/mol. The highest BCUT2D eigenvalue weighted by Gasteiger charge is 2.24. The number of pyridine rings is 1. The number of anilines is 3. The van der Waals surface area contributed by atoms with Crippen LogP contribution in [-0.4, -0.2) is 27.2 Å². The number of amides is 2. The molecule has 1 fully saturated rings. The van der Waals surface area contributed by atoms with Gasteiger partial charge < -0.3 is 16.0 Å². The van der Waals surface area contributed by atoms with Crippen LogP contribution in [0.25, 0.3) is 0 Å². The maximum atomic E-state index is 13.1. The van der Waals surface area contributed by atoms with Crippen molar-refractivity contribution >= 4 is 39.9 Å². The number of aryl methyl sites for hydroxylation is 1. The molecule has 9 heteroatoms. The lowest BCUT2D eigenvalue weighted by Crippen LogP contribution is -2.25. The molecule has 3 aromatic rings. The Hall–Kier alpha value is -3.77. The van der Waals surface area contributed by atoms with Gasteiger partial charge in [0.1, 0.15) is 10.8 Å². The number of hydrogen-bond acceptors (Lipinski definition) is 7. The highest BCUT2D eigenvalue weighted by molar-refractivity contribution is 7.10. The number of hydrogen-bond donors (Lipinski definition) is 3. The first-order chi connectivity index (χ1) is 15.1. The largest absolute Gasteiger partial charge is 0.349 e. The van der Waals surface area contributed by atoms with Crippen LogP contribution in [0.15, 0.2) is 42.6 Å². The predicted molar refractivity (Wildman–Crippen MR) is 119 cm³/mol. The van der Waals surface area contributed by atoms with Gasteiger partial charge in [-0.2, -0.15) is 9.64 Å². The molecule has 1 aliphatic rings. The second-order valence-corrected chi connectivity index (χ2v) is 7.91. The van der Waals surface area contributed by atoms with Crippen LogP contribution in [0.2, 0.25) is 0 Å². The van der Waals surface area contributed by atoms with E-state index in [1.165, 1.54) is 6.20 Å². The molecule has 1 aliphatic carbocycles. The summed E-state index contributed by atoms with van der Waals surface area (Å²) in [6.45, 7) is 1.92. The summed E-state index contributed by atoms with van der Waals surface area (Å²) in [5.74, 6) is -0.0155. The second-order valence-electron chi connectivity index (χ2n) is 7.14. The number of nitrogens with zero attached hydrogens (tertiary/aromatic N) is 3. The third kappa shape index (κ3) is 4.87. The van der Waals surface area contributed by atoms with Crippen molar-refractivity contribution in [1.82, 2.24) is 14.7 Å². The van der Waals surface area contributed by atoms with Crippen molar-refractivity contribution in [1.29, 1.82) is 5.26 Å². The van der Waals surface area contributed by atoms with Crippen molar-refractivity contribution < 1.29 is 9.59 Å². The van der Waals surface area contributed by atoms with Gasteiger partial charge in [-0.1, -0.05) is 13.0 Å². The smallest absolute Gasteiger partial charge is 0.260 e. The number of nitrogens with one attached hydrogen (secondary N) is 3. The number of nitriles is 1. The van der Waals surface area contributed by atoms with Gasteiger partial charge in [0.15, 0.2) is 0 Å². The lowest BCUT2D eigenvalue weighted by Gasteiger charge is -2.10. The molecule has 0 unspecified atom stereocenters. The van der Waals surface area contributed by atoms with E-state index in [9.17, 15) is 9.59 Å². The van der Waals surface area contributed by atoms with Crippen LogP contribution < -0.4 is 16.0 Å². The zero-order valence-corrected chi connectivity index (χ0v) is 17.6. The molecule has 1 aromatic carbocycles. The van der Waals surface area contributed by atoms with E-state index in [2.05, 4.69) is 31.4 Å². The van der Waals surface area contributed by atoms with E-state index < -0.39 is 0 Å². The van der Waals surface area contributed by atoms with Crippen LogP contribution in [0.3, 0.4) is 0 Å². The minimum Gasteiger partial charge on any atom is -0.349 e. The summed E-state index contributed by atoms with van der Waals surface area (Å²) in [4.78, 5) is 29.6. The molecule has 0 atom stereocenters. The molecular formula is C22H20N6O2S. The van der Waals surface area contributed by atoms with Gasteiger partial charge in [0, 0.05) is 23.5 Å². The standard InChI is InChI=1S/C22H20N6O2S/c1-2-17-19(22(31-28-17)27-18-10-13(12-23)8-9-24-18)21(30)26-16-5-3-4-14(11-16)20(29)25-15-6-7-15/h3-5,8-11,15H,2,6-7H2,1H3,(H,24,27)(H,25,29)(H,26,30). The highest BCUT2D eigenvalue weighted by Crippen LogP contribution is 2.29. The van der Waals surface area contributed by atoms with Crippen LogP contribution in [0.4, 0.5) is 16.5 Å². The molecule has 156 valence electrons. The normalized spacial score (nSPS) is 12.6. The molecule has 0 aliphatic heterocycles. The van der Waals surface area contributed by atoms with Gasteiger partial charge in [-0.05, 0) is 61.1 Å². The summed E-state index contributed by atoms with van der Waals surface area (Å²) in [5, 5.41) is 18.5. The SMILES string of the molecule is CCc1nsc(Nc2cc(C#N)ccn2)c1C(=O)Nc1cccc(C(=O)NC2CC2)c1. The second kappa shape index (κ2) is 8.93. The number of aromatic nitrogens is 2. The molecule has 2 amide bonds. The Morgan fingerprint density at radius 1 is 1.23 bits per heavy atom. The van der Waals surface area contributed by atoms with Crippen molar-refractivity contribution in [3.05, 3.63) is 65.0 Å². The molecule has 0 radical (unpaired) electrons. The lowest BCUT2D eigenvalue weighted by atomic mass is 10.1. The van der Waals surface area contributed by atoms with Crippen LogP contribution >= 0.6 is 11.5 Å². The summed E-state index contributed by atoms with van der Waals surface area (Å²) >= 11 is 1.16. The topological polar surface area (TPSA) is 120 Å². The number of carbonyl (C=O) groups is 2. The Morgan fingerprint density at radius 3 is 2.81 bits per heavy atom. The van der Waals surface area contributed by atoms with Crippen LogP contribution in [0.1, 0.15) is 51.7 Å². The minimum atomic E-state index is -0.329. The van der Waals surface area contributed by atoms with Crippen LogP contribution in [0.5, 0.6) is 0 Å². The third-order valence-electron chi connectivity index (χ3n) is 4.75. The Balaban J connectivity index is 1.55. The molecule has 2 aromatic heterocycles. The molecule has 31 heavy (non-hydrogen) atoms. The fourth-order valence-electron chi connectivity index (χ4n) is 3.00. The first-order valence-electron chi connectivity index (χ1n) is 9.91. The summed E-state index contributed by atoms with van der Waals surface area (Å²) < 4.78 is 4.38. The lowest BCUT2D eigenvalue weighted by molar-refractivity contribution is 0.0949. The van der Waals surface area contributed by atoms with E-state index in [1.54, 1.807) is 36.4 Å². The fourth-order valence-corrected chi connectivity index (χ4v) is 3.87. The van der Waals surface area contributed by atoms with Gasteiger partial charge in [0.2, 0.25) is 0 Å². The van der Waals surface area contributed by atoms with Gasteiger partial charge >= 0.3 is 0 Å². The van der Waals surface area contributed by atoms with Gasteiger partial charge in [-0.15, -0.1) is 0 Å². The van der Waals surface area contributed by atoms with Crippen molar-refractivity contribution in [3.63, 3.8) is 0 Å². The third-order valence-corrected chi connectivity index (χ3v) is 5.55. The van der Waals surface area contributed by atoms with Crippen molar-refractivity contribution in [2.24, 2.45) is 0 Å². The van der Waals surface area contributed by atoms with E-state index in [-0.39, 0.29) is 17.9 Å². The Morgan fingerprint density at radius 2 is 2.06 bits per heavy atom. The summed E-state index contributed by atoms with van der Waals surface area (Å²) in [6, 6.07) is 12.4. The van der Waals surface area contributed by atoms with E-state index >= 15 is 0 Å². The van der Waals surface area contributed by atoms with E-state index in [1.807, 2.05) is 6.92 Å². The molecule has 3 N–H and O–H groups in total. The van der Waals surface area contributed by atoms with E-state index in [0.29, 0.717) is 45.3 Å². The number of rotatable bonds is 7. The summed E-state index contributed by atoms with van der Waals surface area (Å²) in [6.07, 6.45) is 4.13. The van der Waals surface area contributed by atoms with Gasteiger partial charge in [-0.3, -0.25) is 9.59 Å². The zero-order chi connectivity index (χ0) is 21.8. The first-order valence-corrected chi connectivity index (χ1v) is 10.7. The van der Waals surface area contributed by atoms with Crippen LogP contribution in [-0.2, 0) is 6.42 Å². The van der Waals surface area contributed by atoms with Crippen molar-refractivity contribution in [2.45, 2.75) is 32.2 Å². The highest BCUT2D eigenvalue weighted by atomic mass is 32.1. The van der Waals surface area contributed by atoms with Crippen molar-refractivity contribution in [2.75, 3.05) is 10.6 Å². The molecule has 0 bridgehead atoms. The maximum absolute atomic E-state index is 13.1. The quantitative estimate of drug-likeness (QED) is 0.521. The maximum Gasteiger partial charge on any atom is 0.260 e. The number of carbonyl (C=O) groups excluding carboxylic acids is 2. The van der Waals surface area contributed by atoms with Crippen molar-refractivity contribution in [3.8, 4) is 6.07 Å². The predicted octanol–water partition coefficient (Wildman–Crippen LogP) is 3.86. The Bertz CT molecular complexity index is 1180. The average Bonchev–Trinajstić information content (AvgIpc) is 3.51. The van der Waals surface area contributed by atoms with E-state index in [0.717, 1.165) is 24.4 Å². The monoisotopic (exact) mass is 432 g/mol. The molecule has 1 saturated carbocycles. The fraction of sp³-hybridized carbons (Fsp3) is 0.227. The van der Waals surface area contributed by atoms with E-state index in [4.69, 9.17) is 5.26 Å². The Labute approximate surface area is 183 Å². The molecule has 8 nitrogen and oxygen atoms in total. The molecule has 0 spiro atoms. The minimum absolute atomic E-state index is 0.143. The van der Waals surface area contributed by atoms with Crippen LogP contribution in [0, 0.1) is 11.3 Å². The molecule has 2 heterocycles. The molecule has 4 rings (SSSR count). The molecule has 0 saturated heterocycles. The van der Waals surface area contributed by atoms with Gasteiger partial charge in [0.05, 0.1) is 22.9 Å². The number of benzene rings is 1. The Kier molecular flexibility index (Phi) is 5.91. The van der Waals surface area contributed by atoms with Gasteiger partial charge in [0.25, 0.3) is 11.8 Å². The van der Waals surface area contributed by atoms with Gasteiger partial charge in [-0.25, -0.2) is 4.98 Å². The zero-order valence-electron chi connectivity index (χ0n) is 16.8. The summed E-state index contributed by atoms with van der Waals surface area (Å²) in [5.41, 5.74) is 2.57. The average molecular weight is 433 g/mol.